The Morgan fingerprint density at radius 3 is 2.68 bits per heavy atom. The Morgan fingerprint density at radius 2 is 2.00 bits per heavy atom. The average Bonchev–Trinajstić information content (AvgIpc) is 2.50. The molecule has 25 heavy (non-hydrogen) atoms. The largest absolute Gasteiger partial charge is 0.402 e. The quantitative estimate of drug-likeness (QED) is 0.406. The van der Waals surface area contributed by atoms with Crippen LogP contribution in [0.2, 0.25) is 10.0 Å². The third kappa shape index (κ3) is 5.92. The first kappa shape index (κ1) is 19.0. The van der Waals surface area contributed by atoms with Crippen LogP contribution in [0.5, 0.6) is 0 Å². The van der Waals surface area contributed by atoms with Crippen LogP contribution in [0, 0.1) is 6.92 Å². The summed E-state index contributed by atoms with van der Waals surface area (Å²) in [5, 5.41) is 4.27. The van der Waals surface area contributed by atoms with Gasteiger partial charge in [0.1, 0.15) is 11.7 Å². The molecule has 0 spiro atoms. The summed E-state index contributed by atoms with van der Waals surface area (Å²) in [6.45, 7) is 4.72. The molecule has 1 aromatic carbocycles. The molecule has 0 radical (unpaired) electrons. The number of benzene rings is 1. The van der Waals surface area contributed by atoms with Gasteiger partial charge in [0, 0.05) is 34.6 Å². The van der Waals surface area contributed by atoms with Gasteiger partial charge in [-0.2, -0.15) is 0 Å². The first-order valence-electron chi connectivity index (χ1n) is 7.64. The molecule has 5 N–H and O–H groups in total. The molecule has 0 saturated carbocycles. The summed E-state index contributed by atoms with van der Waals surface area (Å²) in [5.74, 6) is 1.62. The number of amidine groups is 1. The molecule has 1 heterocycles. The first-order chi connectivity index (χ1) is 11.8. The lowest BCUT2D eigenvalue weighted by Crippen LogP contribution is -2.14. The van der Waals surface area contributed by atoms with Crippen LogP contribution in [0.3, 0.4) is 0 Å². The Balaban J connectivity index is 2.10. The van der Waals surface area contributed by atoms with Gasteiger partial charge in [-0.3, -0.25) is 4.99 Å². The van der Waals surface area contributed by atoms with Crippen molar-refractivity contribution in [2.75, 3.05) is 18.4 Å². The van der Waals surface area contributed by atoms with Gasteiger partial charge in [-0.25, -0.2) is 9.97 Å². The van der Waals surface area contributed by atoms with Crippen LogP contribution in [0.15, 0.2) is 41.0 Å². The van der Waals surface area contributed by atoms with Crippen molar-refractivity contribution in [3.05, 3.63) is 51.8 Å². The van der Waals surface area contributed by atoms with E-state index in [1.807, 2.05) is 13.0 Å². The van der Waals surface area contributed by atoms with Crippen molar-refractivity contribution < 1.29 is 0 Å². The summed E-state index contributed by atoms with van der Waals surface area (Å²) < 4.78 is 0. The minimum atomic E-state index is 0.398. The number of nitrogens with zero attached hydrogens (tertiary/aromatic N) is 3. The number of aryl methyl sites for hydroxylation is 1. The summed E-state index contributed by atoms with van der Waals surface area (Å²) in [7, 11) is 0. The van der Waals surface area contributed by atoms with Crippen LogP contribution in [0.25, 0.3) is 11.4 Å². The van der Waals surface area contributed by atoms with Gasteiger partial charge in [0.25, 0.3) is 0 Å². The monoisotopic (exact) mass is 378 g/mol. The molecule has 0 atom stereocenters. The maximum Gasteiger partial charge on any atom is 0.163 e. The summed E-state index contributed by atoms with van der Waals surface area (Å²) in [6, 6.07) is 7.08. The number of anilines is 1. The number of aromatic nitrogens is 2. The summed E-state index contributed by atoms with van der Waals surface area (Å²) >= 11 is 12.2. The van der Waals surface area contributed by atoms with Crippen LogP contribution in [-0.4, -0.2) is 28.9 Å². The number of nitrogens with two attached hydrogens (primary N) is 2. The van der Waals surface area contributed by atoms with E-state index in [2.05, 4.69) is 20.3 Å². The Bertz CT molecular complexity index is 813. The highest BCUT2D eigenvalue weighted by Crippen LogP contribution is 2.28. The number of hydrogen-bond acceptors (Lipinski definition) is 5. The van der Waals surface area contributed by atoms with Gasteiger partial charge >= 0.3 is 0 Å². The van der Waals surface area contributed by atoms with Crippen molar-refractivity contribution in [3.8, 4) is 11.4 Å². The topological polar surface area (TPSA) is 102 Å². The molecule has 0 aliphatic carbocycles. The number of rotatable bonds is 6. The lowest BCUT2D eigenvalue weighted by atomic mass is 10.2. The lowest BCUT2D eigenvalue weighted by Gasteiger charge is -2.09. The van der Waals surface area contributed by atoms with E-state index >= 15 is 0 Å². The van der Waals surface area contributed by atoms with Crippen molar-refractivity contribution in [3.63, 3.8) is 0 Å². The Labute approximate surface area is 157 Å². The van der Waals surface area contributed by atoms with E-state index in [0.717, 1.165) is 11.3 Å². The van der Waals surface area contributed by atoms with E-state index in [1.54, 1.807) is 31.2 Å². The highest BCUT2D eigenvalue weighted by Gasteiger charge is 2.09. The van der Waals surface area contributed by atoms with Crippen LogP contribution >= 0.6 is 23.2 Å². The smallest absolute Gasteiger partial charge is 0.163 e. The minimum absolute atomic E-state index is 0.398. The van der Waals surface area contributed by atoms with E-state index in [1.165, 1.54) is 0 Å². The molecule has 0 fully saturated rings. The maximum atomic E-state index is 6.24. The molecule has 8 heteroatoms. The van der Waals surface area contributed by atoms with E-state index < -0.39 is 0 Å². The molecular weight excluding hydrogens is 359 g/mol. The van der Waals surface area contributed by atoms with E-state index in [4.69, 9.17) is 34.7 Å². The van der Waals surface area contributed by atoms with Crippen molar-refractivity contribution >= 4 is 34.9 Å². The zero-order chi connectivity index (χ0) is 18.4. The van der Waals surface area contributed by atoms with Crippen molar-refractivity contribution in [2.45, 2.75) is 13.8 Å². The van der Waals surface area contributed by atoms with Crippen LogP contribution < -0.4 is 16.8 Å². The van der Waals surface area contributed by atoms with E-state index in [9.17, 15) is 0 Å². The highest BCUT2D eigenvalue weighted by molar-refractivity contribution is 6.36. The van der Waals surface area contributed by atoms with Crippen LogP contribution in [0.1, 0.15) is 12.6 Å². The third-order valence-electron chi connectivity index (χ3n) is 3.11. The number of aliphatic imine (C=N–C) groups is 1. The molecule has 2 aromatic rings. The average molecular weight is 379 g/mol. The molecular formula is C17H20Cl2N6. The van der Waals surface area contributed by atoms with Gasteiger partial charge in [-0.1, -0.05) is 23.2 Å². The zero-order valence-corrected chi connectivity index (χ0v) is 15.6. The molecule has 0 bridgehead atoms. The van der Waals surface area contributed by atoms with E-state index in [-0.39, 0.29) is 0 Å². The van der Waals surface area contributed by atoms with Gasteiger partial charge in [0.2, 0.25) is 0 Å². The van der Waals surface area contributed by atoms with Crippen molar-refractivity contribution in [1.82, 2.24) is 9.97 Å². The minimum Gasteiger partial charge on any atom is -0.402 e. The molecule has 0 saturated heterocycles. The Kier molecular flexibility index (Phi) is 6.61. The van der Waals surface area contributed by atoms with Crippen molar-refractivity contribution in [1.29, 1.82) is 0 Å². The van der Waals surface area contributed by atoms with Gasteiger partial charge in [-0.15, -0.1) is 0 Å². The SMILES string of the molecule is CC(N)=CC(N)=NCCNc1cc(C)nc(-c2ccc(Cl)cc2Cl)n1. The second kappa shape index (κ2) is 8.69. The van der Waals surface area contributed by atoms with Crippen LogP contribution in [-0.2, 0) is 0 Å². The molecule has 0 unspecified atom stereocenters. The fourth-order valence-corrected chi connectivity index (χ4v) is 2.59. The second-order valence-corrected chi connectivity index (χ2v) is 6.31. The number of hydrogen-bond donors (Lipinski definition) is 3. The lowest BCUT2D eigenvalue weighted by molar-refractivity contribution is 0.997. The molecule has 0 amide bonds. The molecule has 132 valence electrons. The van der Waals surface area contributed by atoms with Crippen LogP contribution in [0.4, 0.5) is 5.82 Å². The second-order valence-electron chi connectivity index (χ2n) is 5.46. The number of halogens is 2. The zero-order valence-electron chi connectivity index (χ0n) is 14.1. The predicted octanol–water partition coefficient (Wildman–Crippen LogP) is 3.39. The molecule has 0 aliphatic heterocycles. The molecule has 0 aliphatic rings. The van der Waals surface area contributed by atoms with Gasteiger partial charge in [0.15, 0.2) is 5.82 Å². The van der Waals surface area contributed by atoms with Gasteiger partial charge in [-0.05, 0) is 38.1 Å². The predicted molar refractivity (Wildman–Crippen MR) is 105 cm³/mol. The number of nitrogens with one attached hydrogen (secondary N) is 1. The summed E-state index contributed by atoms with van der Waals surface area (Å²) in [4.78, 5) is 13.1. The Hall–Kier alpha value is -2.31. The fraction of sp³-hybridized carbons (Fsp3) is 0.235. The fourth-order valence-electron chi connectivity index (χ4n) is 2.10. The summed E-state index contributed by atoms with van der Waals surface area (Å²) in [5.41, 5.74) is 13.4. The molecule has 6 nitrogen and oxygen atoms in total. The standard InChI is InChI=1S/C17H20Cl2N6/c1-10(20)7-15(21)22-5-6-23-16-8-11(2)24-17(25-16)13-4-3-12(18)9-14(13)19/h3-4,7-9H,5-6,20H2,1-2H3,(H2,21,22)(H,23,24,25). The third-order valence-corrected chi connectivity index (χ3v) is 3.66. The first-order valence-corrected chi connectivity index (χ1v) is 8.39. The molecule has 2 rings (SSSR count). The maximum absolute atomic E-state index is 6.24. The summed E-state index contributed by atoms with van der Waals surface area (Å²) in [6.07, 6.45) is 1.62. The normalized spacial score (nSPS) is 12.3. The molecule has 1 aromatic heterocycles. The Morgan fingerprint density at radius 1 is 1.24 bits per heavy atom. The van der Waals surface area contributed by atoms with Gasteiger partial charge < -0.3 is 16.8 Å². The highest BCUT2D eigenvalue weighted by atomic mass is 35.5. The van der Waals surface area contributed by atoms with Crippen molar-refractivity contribution in [2.24, 2.45) is 16.5 Å². The number of allylic oxidation sites excluding steroid dienone is 1. The van der Waals surface area contributed by atoms with Gasteiger partial charge in [0.05, 0.1) is 11.6 Å². The van der Waals surface area contributed by atoms with E-state index in [0.29, 0.717) is 46.3 Å².